The van der Waals surface area contributed by atoms with Crippen LogP contribution < -0.4 is 5.32 Å². The van der Waals surface area contributed by atoms with E-state index in [4.69, 9.17) is 4.98 Å². The lowest BCUT2D eigenvalue weighted by Crippen LogP contribution is -2.46. The first-order valence-corrected chi connectivity index (χ1v) is 8.14. The number of carbonyl (C=O) groups excluding carboxylic acids is 1. The Labute approximate surface area is 135 Å². The fraction of sp³-hybridized carbons (Fsp3) is 0.588. The Morgan fingerprint density at radius 2 is 2.17 bits per heavy atom. The summed E-state index contributed by atoms with van der Waals surface area (Å²) in [6.45, 7) is 7.57. The molecule has 6 heteroatoms. The van der Waals surface area contributed by atoms with Gasteiger partial charge in [-0.25, -0.2) is 9.67 Å². The fourth-order valence-corrected chi connectivity index (χ4v) is 2.61. The van der Waals surface area contributed by atoms with Gasteiger partial charge in [0.25, 0.3) is 5.91 Å². The quantitative estimate of drug-likeness (QED) is 0.887. The molecule has 2 aromatic heterocycles. The van der Waals surface area contributed by atoms with Gasteiger partial charge in [0.2, 0.25) is 0 Å². The van der Waals surface area contributed by atoms with Crippen LogP contribution in [0.25, 0.3) is 11.0 Å². The van der Waals surface area contributed by atoms with E-state index in [0.29, 0.717) is 11.5 Å². The maximum absolute atomic E-state index is 12.7. The molecule has 0 saturated heterocycles. The van der Waals surface area contributed by atoms with E-state index in [1.54, 1.807) is 20.0 Å². The molecule has 2 N–H and O–H groups in total. The Morgan fingerprint density at radius 3 is 2.74 bits per heavy atom. The Morgan fingerprint density at radius 1 is 1.48 bits per heavy atom. The molecule has 1 aliphatic rings. The van der Waals surface area contributed by atoms with Crippen LogP contribution in [0.2, 0.25) is 0 Å². The topological polar surface area (TPSA) is 80.0 Å². The van der Waals surface area contributed by atoms with Crippen LogP contribution >= 0.6 is 0 Å². The van der Waals surface area contributed by atoms with Crippen molar-refractivity contribution in [3.63, 3.8) is 0 Å². The van der Waals surface area contributed by atoms with Gasteiger partial charge in [-0.2, -0.15) is 5.10 Å². The first-order chi connectivity index (χ1) is 10.8. The van der Waals surface area contributed by atoms with Crippen molar-refractivity contribution in [2.45, 2.75) is 58.0 Å². The molecule has 0 radical (unpaired) electrons. The lowest BCUT2D eigenvalue weighted by Gasteiger charge is -2.23. The Hall–Kier alpha value is -1.95. The van der Waals surface area contributed by atoms with Gasteiger partial charge in [0.1, 0.15) is 0 Å². The van der Waals surface area contributed by atoms with Crippen LogP contribution in [-0.2, 0) is 0 Å². The van der Waals surface area contributed by atoms with E-state index in [1.807, 2.05) is 24.6 Å². The van der Waals surface area contributed by atoms with Gasteiger partial charge in [-0.15, -0.1) is 0 Å². The minimum atomic E-state index is -0.666. The number of aromatic nitrogens is 3. The van der Waals surface area contributed by atoms with Crippen molar-refractivity contribution in [3.05, 3.63) is 23.5 Å². The molecular formula is C17H24N4O2. The number of hydrogen-bond donors (Lipinski definition) is 2. The molecule has 1 saturated carbocycles. The summed E-state index contributed by atoms with van der Waals surface area (Å²) in [5.41, 5.74) is 1.65. The van der Waals surface area contributed by atoms with E-state index in [9.17, 15) is 9.90 Å². The van der Waals surface area contributed by atoms with E-state index < -0.39 is 5.54 Å². The van der Waals surface area contributed by atoms with Gasteiger partial charge in [0.15, 0.2) is 5.65 Å². The number of nitrogens with one attached hydrogen (secondary N) is 1. The van der Waals surface area contributed by atoms with Gasteiger partial charge in [-0.05, 0) is 46.6 Å². The highest BCUT2D eigenvalue weighted by atomic mass is 16.3. The van der Waals surface area contributed by atoms with Gasteiger partial charge in [0.05, 0.1) is 29.3 Å². The Kier molecular flexibility index (Phi) is 3.88. The normalized spacial score (nSPS) is 15.4. The third kappa shape index (κ3) is 3.08. The predicted molar refractivity (Wildman–Crippen MR) is 88.5 cm³/mol. The Balaban J connectivity index is 2.09. The molecule has 1 amide bonds. The Bertz CT molecular complexity index is 744. The number of rotatable bonds is 5. The first-order valence-electron chi connectivity index (χ1n) is 8.14. The molecule has 124 valence electrons. The number of hydrogen-bond acceptors (Lipinski definition) is 4. The lowest BCUT2D eigenvalue weighted by atomic mass is 10.0. The first kappa shape index (κ1) is 15.9. The molecular weight excluding hydrogens is 292 g/mol. The number of nitrogens with zero attached hydrogens (tertiary/aromatic N) is 3. The second kappa shape index (κ2) is 5.60. The standard InChI is InChI=1S/C17H24N4O2/c1-10(2)21-15-13(8-18-21)12(7-14(19-15)11-5-6-11)16(23)20-17(3,4)9-22/h7-8,10-11,22H,5-6,9H2,1-4H3,(H,20,23). The van der Waals surface area contributed by atoms with Crippen LogP contribution in [0.15, 0.2) is 12.3 Å². The SMILES string of the molecule is CC(C)n1ncc2c(C(=O)NC(C)(C)CO)cc(C3CC3)nc21. The van der Waals surface area contributed by atoms with Gasteiger partial charge in [0, 0.05) is 17.7 Å². The summed E-state index contributed by atoms with van der Waals surface area (Å²) in [6, 6.07) is 2.06. The molecule has 2 heterocycles. The van der Waals surface area contributed by atoms with Crippen molar-refractivity contribution >= 4 is 16.9 Å². The molecule has 0 unspecified atom stereocenters. The monoisotopic (exact) mass is 316 g/mol. The van der Waals surface area contributed by atoms with Crippen LogP contribution in [0.4, 0.5) is 0 Å². The van der Waals surface area contributed by atoms with Crippen molar-refractivity contribution < 1.29 is 9.90 Å². The molecule has 0 bridgehead atoms. The zero-order valence-electron chi connectivity index (χ0n) is 14.1. The molecule has 0 aliphatic heterocycles. The number of pyridine rings is 1. The van der Waals surface area contributed by atoms with E-state index in [1.165, 1.54) is 0 Å². The largest absolute Gasteiger partial charge is 0.394 e. The predicted octanol–water partition coefficient (Wildman–Crippen LogP) is 2.39. The molecule has 0 spiro atoms. The smallest absolute Gasteiger partial charge is 0.252 e. The maximum atomic E-state index is 12.7. The van der Waals surface area contributed by atoms with Crippen molar-refractivity contribution in [2.75, 3.05) is 6.61 Å². The number of amides is 1. The number of aliphatic hydroxyl groups is 1. The highest BCUT2D eigenvalue weighted by Gasteiger charge is 2.29. The van der Waals surface area contributed by atoms with Crippen molar-refractivity contribution in [1.82, 2.24) is 20.1 Å². The zero-order valence-corrected chi connectivity index (χ0v) is 14.1. The highest BCUT2D eigenvalue weighted by molar-refractivity contribution is 6.05. The summed E-state index contributed by atoms with van der Waals surface area (Å²) in [6.07, 6.45) is 3.95. The minimum Gasteiger partial charge on any atom is -0.394 e. The third-order valence-corrected chi connectivity index (χ3v) is 4.16. The maximum Gasteiger partial charge on any atom is 0.252 e. The molecule has 1 aliphatic carbocycles. The average Bonchev–Trinajstić information content (AvgIpc) is 3.24. The second-order valence-corrected chi connectivity index (χ2v) is 7.29. The minimum absolute atomic E-state index is 0.117. The van der Waals surface area contributed by atoms with Crippen molar-refractivity contribution in [1.29, 1.82) is 0 Å². The second-order valence-electron chi connectivity index (χ2n) is 7.29. The molecule has 6 nitrogen and oxygen atoms in total. The summed E-state index contributed by atoms with van der Waals surface area (Å²) >= 11 is 0. The molecule has 1 fully saturated rings. The van der Waals surface area contributed by atoms with Gasteiger partial charge in [-0.3, -0.25) is 4.79 Å². The number of aliphatic hydroxyl groups excluding tert-OH is 1. The van der Waals surface area contributed by atoms with E-state index in [-0.39, 0.29) is 18.6 Å². The fourth-order valence-electron chi connectivity index (χ4n) is 2.61. The number of fused-ring (bicyclic) bond motifs is 1. The molecule has 0 atom stereocenters. The van der Waals surface area contributed by atoms with Crippen LogP contribution in [0, 0.1) is 0 Å². The molecule has 0 aromatic carbocycles. The third-order valence-electron chi connectivity index (χ3n) is 4.16. The van der Waals surface area contributed by atoms with Crippen LogP contribution in [0.3, 0.4) is 0 Å². The van der Waals surface area contributed by atoms with E-state index in [2.05, 4.69) is 10.4 Å². The summed E-state index contributed by atoms with van der Waals surface area (Å²) < 4.78 is 1.86. The van der Waals surface area contributed by atoms with Crippen LogP contribution in [0.5, 0.6) is 0 Å². The summed E-state index contributed by atoms with van der Waals surface area (Å²) in [4.78, 5) is 17.5. The molecule has 23 heavy (non-hydrogen) atoms. The van der Waals surface area contributed by atoms with E-state index in [0.717, 1.165) is 29.6 Å². The summed E-state index contributed by atoms with van der Waals surface area (Å²) in [7, 11) is 0. The number of carbonyl (C=O) groups is 1. The van der Waals surface area contributed by atoms with Gasteiger partial charge < -0.3 is 10.4 Å². The van der Waals surface area contributed by atoms with E-state index >= 15 is 0 Å². The summed E-state index contributed by atoms with van der Waals surface area (Å²) in [5.74, 6) is 0.258. The molecule has 2 aromatic rings. The highest BCUT2D eigenvalue weighted by Crippen LogP contribution is 2.40. The lowest BCUT2D eigenvalue weighted by molar-refractivity contribution is 0.0871. The van der Waals surface area contributed by atoms with Gasteiger partial charge >= 0.3 is 0 Å². The molecule has 3 rings (SSSR count). The average molecular weight is 316 g/mol. The van der Waals surface area contributed by atoms with Crippen LogP contribution in [0.1, 0.15) is 68.5 Å². The van der Waals surface area contributed by atoms with Crippen LogP contribution in [-0.4, -0.2) is 37.9 Å². The summed E-state index contributed by atoms with van der Waals surface area (Å²) in [5, 5.41) is 17.4. The van der Waals surface area contributed by atoms with Crippen molar-refractivity contribution in [2.24, 2.45) is 0 Å². The van der Waals surface area contributed by atoms with Gasteiger partial charge in [-0.1, -0.05) is 0 Å². The van der Waals surface area contributed by atoms with Crippen molar-refractivity contribution in [3.8, 4) is 0 Å². The zero-order chi connectivity index (χ0) is 16.8.